The lowest BCUT2D eigenvalue weighted by Crippen LogP contribution is -2.49. The summed E-state index contributed by atoms with van der Waals surface area (Å²) in [7, 11) is 0. The summed E-state index contributed by atoms with van der Waals surface area (Å²) in [6.45, 7) is 0.814. The monoisotopic (exact) mass is 340 g/mol. The van der Waals surface area contributed by atoms with Gasteiger partial charge in [-0.15, -0.1) is 0 Å². The van der Waals surface area contributed by atoms with Crippen molar-refractivity contribution in [3.05, 3.63) is 60.1 Å². The van der Waals surface area contributed by atoms with Gasteiger partial charge in [-0.3, -0.25) is 0 Å². The van der Waals surface area contributed by atoms with E-state index in [4.69, 9.17) is 9.15 Å². The van der Waals surface area contributed by atoms with E-state index in [2.05, 4.69) is 10.6 Å². The van der Waals surface area contributed by atoms with E-state index in [1.807, 2.05) is 42.5 Å². The van der Waals surface area contributed by atoms with Gasteiger partial charge in [0, 0.05) is 18.6 Å². The predicted octanol–water partition coefficient (Wildman–Crippen LogP) is 3.63. The molecule has 25 heavy (non-hydrogen) atoms. The highest BCUT2D eigenvalue weighted by Crippen LogP contribution is 2.34. The summed E-state index contributed by atoms with van der Waals surface area (Å²) < 4.78 is 11.3. The summed E-state index contributed by atoms with van der Waals surface area (Å²) in [5.41, 5.74) is 0.998. The lowest BCUT2D eigenvalue weighted by molar-refractivity contribution is 0.0549. The Morgan fingerprint density at radius 3 is 2.76 bits per heavy atom. The van der Waals surface area contributed by atoms with Gasteiger partial charge in [-0.05, 0) is 43.4 Å². The van der Waals surface area contributed by atoms with Crippen molar-refractivity contribution in [1.82, 2.24) is 10.6 Å². The standard InChI is InChI=1S/C20H24N2O3/c23-20(21-16-8-4-9-17-15(16)11-13-25-17)22-19(18-10-5-12-24-18)14-6-2-1-3-7-14/h1-3,5-7,10,12,15-17,19H,4,8-9,11,13H2,(H2,21,22,23)/t15-,16-,17+,19-/m1/s1. The molecule has 1 aromatic heterocycles. The highest BCUT2D eigenvalue weighted by molar-refractivity contribution is 5.75. The molecule has 2 heterocycles. The molecular formula is C20H24N2O3. The van der Waals surface area contributed by atoms with Crippen LogP contribution in [0.4, 0.5) is 4.79 Å². The highest BCUT2D eigenvalue weighted by atomic mass is 16.5. The Kier molecular flexibility index (Phi) is 4.74. The van der Waals surface area contributed by atoms with Crippen LogP contribution in [0, 0.1) is 5.92 Å². The van der Waals surface area contributed by atoms with Crippen molar-refractivity contribution in [2.45, 2.75) is 43.9 Å². The van der Waals surface area contributed by atoms with Crippen LogP contribution >= 0.6 is 0 Å². The summed E-state index contributed by atoms with van der Waals surface area (Å²) in [6.07, 6.45) is 6.22. The first-order valence-electron chi connectivity index (χ1n) is 9.08. The van der Waals surface area contributed by atoms with Gasteiger partial charge in [-0.1, -0.05) is 30.3 Å². The summed E-state index contributed by atoms with van der Waals surface area (Å²) in [6, 6.07) is 13.4. The number of benzene rings is 1. The Balaban J connectivity index is 1.46. The molecule has 5 nitrogen and oxygen atoms in total. The van der Waals surface area contributed by atoms with Crippen LogP contribution in [0.15, 0.2) is 53.1 Å². The summed E-state index contributed by atoms with van der Waals surface area (Å²) in [4.78, 5) is 12.7. The third-order valence-corrected chi connectivity index (χ3v) is 5.33. The minimum atomic E-state index is -0.296. The lowest BCUT2D eigenvalue weighted by atomic mass is 9.82. The molecule has 1 saturated heterocycles. The summed E-state index contributed by atoms with van der Waals surface area (Å²) in [5.74, 6) is 1.17. The fourth-order valence-corrected chi connectivity index (χ4v) is 4.12. The zero-order valence-electron chi connectivity index (χ0n) is 14.2. The molecule has 4 rings (SSSR count). The average molecular weight is 340 g/mol. The molecule has 0 radical (unpaired) electrons. The van der Waals surface area contributed by atoms with E-state index in [1.165, 1.54) is 0 Å². The Morgan fingerprint density at radius 2 is 1.96 bits per heavy atom. The first-order valence-corrected chi connectivity index (χ1v) is 9.08. The van der Waals surface area contributed by atoms with Gasteiger partial charge < -0.3 is 19.8 Å². The van der Waals surface area contributed by atoms with Crippen LogP contribution < -0.4 is 10.6 Å². The lowest BCUT2D eigenvalue weighted by Gasteiger charge is -2.33. The van der Waals surface area contributed by atoms with E-state index < -0.39 is 0 Å². The Hall–Kier alpha value is -2.27. The van der Waals surface area contributed by atoms with Gasteiger partial charge in [0.25, 0.3) is 0 Å². The van der Waals surface area contributed by atoms with Crippen LogP contribution in [0.3, 0.4) is 0 Å². The Morgan fingerprint density at radius 1 is 1.08 bits per heavy atom. The first-order chi connectivity index (χ1) is 12.3. The fourth-order valence-electron chi connectivity index (χ4n) is 4.12. The number of carbonyl (C=O) groups excluding carboxylic acids is 1. The van der Waals surface area contributed by atoms with Crippen LogP contribution in [0.25, 0.3) is 0 Å². The van der Waals surface area contributed by atoms with Crippen molar-refractivity contribution in [3.8, 4) is 0 Å². The van der Waals surface area contributed by atoms with E-state index in [0.717, 1.165) is 43.6 Å². The van der Waals surface area contributed by atoms with E-state index in [0.29, 0.717) is 12.0 Å². The Labute approximate surface area is 147 Å². The van der Waals surface area contributed by atoms with Crippen LogP contribution in [0.2, 0.25) is 0 Å². The van der Waals surface area contributed by atoms with Gasteiger partial charge in [-0.2, -0.15) is 0 Å². The predicted molar refractivity (Wildman–Crippen MR) is 94.1 cm³/mol. The van der Waals surface area contributed by atoms with Crippen LogP contribution in [-0.4, -0.2) is 24.8 Å². The van der Waals surface area contributed by atoms with E-state index >= 15 is 0 Å². The average Bonchev–Trinajstić information content (AvgIpc) is 3.32. The fraction of sp³-hybridized carbons (Fsp3) is 0.450. The molecule has 1 aliphatic carbocycles. The maximum atomic E-state index is 12.7. The largest absolute Gasteiger partial charge is 0.467 e. The molecule has 0 unspecified atom stereocenters. The quantitative estimate of drug-likeness (QED) is 0.893. The maximum absolute atomic E-state index is 12.7. The summed E-state index contributed by atoms with van der Waals surface area (Å²) in [5, 5.41) is 6.26. The SMILES string of the molecule is O=C(N[C@H](c1ccccc1)c1ccco1)N[C@@H]1CCC[C@@H]2OCC[C@@H]21. The van der Waals surface area contributed by atoms with E-state index in [1.54, 1.807) is 6.26 Å². The second-order valence-corrected chi connectivity index (χ2v) is 6.88. The van der Waals surface area contributed by atoms with E-state index in [9.17, 15) is 4.79 Å². The molecule has 132 valence electrons. The molecule has 1 aromatic carbocycles. The number of urea groups is 1. The highest BCUT2D eigenvalue weighted by Gasteiger charge is 2.38. The molecule has 2 amide bonds. The van der Waals surface area contributed by atoms with Crippen LogP contribution in [0.1, 0.15) is 43.0 Å². The zero-order chi connectivity index (χ0) is 17.1. The molecule has 2 N–H and O–H groups in total. The van der Waals surface area contributed by atoms with Gasteiger partial charge in [-0.25, -0.2) is 4.79 Å². The number of furan rings is 1. The first kappa shape index (κ1) is 16.2. The van der Waals surface area contributed by atoms with Gasteiger partial charge >= 0.3 is 6.03 Å². The summed E-state index contributed by atoms with van der Waals surface area (Å²) >= 11 is 0. The van der Waals surface area contributed by atoms with Gasteiger partial charge in [0.15, 0.2) is 0 Å². The third-order valence-electron chi connectivity index (χ3n) is 5.33. The normalized spacial score (nSPS) is 26.6. The molecular weight excluding hydrogens is 316 g/mol. The molecule has 2 fully saturated rings. The number of hydrogen-bond acceptors (Lipinski definition) is 3. The second kappa shape index (κ2) is 7.31. The van der Waals surface area contributed by atoms with Crippen molar-refractivity contribution < 1.29 is 13.9 Å². The second-order valence-electron chi connectivity index (χ2n) is 6.88. The number of amides is 2. The minimum Gasteiger partial charge on any atom is -0.467 e. The van der Waals surface area contributed by atoms with E-state index in [-0.39, 0.29) is 18.1 Å². The third kappa shape index (κ3) is 3.56. The number of ether oxygens (including phenoxy) is 1. The molecule has 2 aromatic rings. The number of nitrogens with one attached hydrogen (secondary N) is 2. The van der Waals surface area contributed by atoms with Gasteiger partial charge in [0.05, 0.1) is 12.4 Å². The number of rotatable bonds is 4. The molecule has 0 spiro atoms. The van der Waals surface area contributed by atoms with Crippen molar-refractivity contribution in [2.24, 2.45) is 5.92 Å². The molecule has 2 aliphatic rings. The Bertz CT molecular complexity index is 686. The van der Waals surface area contributed by atoms with Crippen LogP contribution in [-0.2, 0) is 4.74 Å². The number of fused-ring (bicyclic) bond motifs is 1. The maximum Gasteiger partial charge on any atom is 0.315 e. The molecule has 5 heteroatoms. The molecule has 1 aliphatic heterocycles. The minimum absolute atomic E-state index is 0.150. The van der Waals surface area contributed by atoms with Crippen molar-refractivity contribution in [2.75, 3.05) is 6.61 Å². The van der Waals surface area contributed by atoms with Crippen molar-refractivity contribution >= 4 is 6.03 Å². The van der Waals surface area contributed by atoms with Crippen LogP contribution in [0.5, 0.6) is 0 Å². The zero-order valence-corrected chi connectivity index (χ0v) is 14.2. The number of hydrogen-bond donors (Lipinski definition) is 2. The molecule has 0 bridgehead atoms. The molecule has 1 saturated carbocycles. The topological polar surface area (TPSA) is 63.5 Å². The smallest absolute Gasteiger partial charge is 0.315 e. The van der Waals surface area contributed by atoms with Crippen molar-refractivity contribution in [3.63, 3.8) is 0 Å². The number of carbonyl (C=O) groups is 1. The van der Waals surface area contributed by atoms with Gasteiger partial charge in [0.2, 0.25) is 0 Å². The van der Waals surface area contributed by atoms with Crippen molar-refractivity contribution in [1.29, 1.82) is 0 Å². The van der Waals surface area contributed by atoms with Gasteiger partial charge in [0.1, 0.15) is 11.8 Å². The molecule has 4 atom stereocenters.